The summed E-state index contributed by atoms with van der Waals surface area (Å²) < 4.78 is 42.5. The van der Waals surface area contributed by atoms with Gasteiger partial charge in [-0.05, 0) is 79.4 Å². The number of hydrogen-bond donors (Lipinski definition) is 3. The minimum absolute atomic E-state index is 0.241. The summed E-state index contributed by atoms with van der Waals surface area (Å²) in [6.45, 7) is 4.52. The Hall–Kier alpha value is -4.45. The van der Waals surface area contributed by atoms with Gasteiger partial charge in [-0.1, -0.05) is 49.4 Å². The van der Waals surface area contributed by atoms with Crippen molar-refractivity contribution in [3.63, 3.8) is 0 Å². The van der Waals surface area contributed by atoms with Crippen LogP contribution in [-0.4, -0.2) is 38.8 Å². The predicted octanol–water partition coefficient (Wildman–Crippen LogP) is 6.33. The number of hydrogen-bond acceptors (Lipinski definition) is 5. The highest BCUT2D eigenvalue weighted by Crippen LogP contribution is 2.24. The first-order valence-corrected chi connectivity index (χ1v) is 13.3. The van der Waals surface area contributed by atoms with E-state index >= 15 is 0 Å². The number of halogens is 3. The third kappa shape index (κ3) is 8.52. The average Bonchev–Trinajstić information content (AvgIpc) is 3.42. The number of para-hydroxylation sites is 1. The number of aryl methyl sites for hydroxylation is 3. The molecule has 0 aliphatic heterocycles. The molecule has 0 unspecified atom stereocenters. The zero-order valence-electron chi connectivity index (χ0n) is 22.5. The molecular formula is C29H29F3N6O2S. The van der Waals surface area contributed by atoms with Crippen molar-refractivity contribution in [2.75, 3.05) is 11.9 Å². The number of thiocarbonyl (C=S) groups is 1. The molecular weight excluding hydrogens is 553 g/mol. The van der Waals surface area contributed by atoms with Gasteiger partial charge in [0.15, 0.2) is 10.9 Å². The molecule has 0 spiro atoms. The molecule has 3 N–H and O–H groups in total. The van der Waals surface area contributed by atoms with Crippen LogP contribution in [0.3, 0.4) is 0 Å². The summed E-state index contributed by atoms with van der Waals surface area (Å²) in [6.07, 6.45) is -0.927. The number of aromatic nitrogens is 3. The molecule has 8 nitrogen and oxygen atoms in total. The molecule has 41 heavy (non-hydrogen) atoms. The van der Waals surface area contributed by atoms with Gasteiger partial charge in [0.2, 0.25) is 0 Å². The number of benzene rings is 3. The molecule has 2 amide bonds. The first-order chi connectivity index (χ1) is 19.6. The zero-order chi connectivity index (χ0) is 29.4. The molecule has 0 atom stereocenters. The summed E-state index contributed by atoms with van der Waals surface area (Å²) in [4.78, 5) is 16.6. The Bertz CT molecular complexity index is 1490. The van der Waals surface area contributed by atoms with Crippen LogP contribution in [0, 0.1) is 6.92 Å². The number of alkyl halides is 3. The van der Waals surface area contributed by atoms with Crippen molar-refractivity contribution in [3.8, 4) is 22.8 Å². The average molecular weight is 583 g/mol. The molecule has 0 saturated carbocycles. The third-order valence-corrected chi connectivity index (χ3v) is 6.38. The van der Waals surface area contributed by atoms with Crippen molar-refractivity contribution in [2.45, 2.75) is 39.5 Å². The Labute approximate surface area is 240 Å². The standard InChI is InChI=1S/C29H29F3N6O2S/c1-3-21-8-4-6-19(2)25(21)35-28(41)36-27(39)33-17-5-7-20-9-11-22(12-10-20)26-34-18-38(37-26)23-13-15-24(16-14-23)40-29(30,31)32/h4,6,8-16,18H,3,5,7,17H2,1-2H3,(H3,33,35,36,39,41). The molecule has 214 valence electrons. The maximum Gasteiger partial charge on any atom is 0.573 e. The Morgan fingerprint density at radius 2 is 1.78 bits per heavy atom. The SMILES string of the molecule is CCc1cccc(C)c1NC(=S)NC(=O)NCCCc1ccc(-c2ncn(-c3ccc(OC(F)(F)F)cc3)n2)cc1. The second-order valence-corrected chi connectivity index (χ2v) is 9.56. The van der Waals surface area contributed by atoms with E-state index in [2.05, 4.69) is 37.7 Å². The third-order valence-electron chi connectivity index (χ3n) is 6.17. The molecule has 1 heterocycles. The Balaban J connectivity index is 1.22. The summed E-state index contributed by atoms with van der Waals surface area (Å²) in [6, 6.07) is 18.7. The summed E-state index contributed by atoms with van der Waals surface area (Å²) in [5.74, 6) is 0.170. The van der Waals surface area contributed by atoms with E-state index in [1.165, 1.54) is 35.3 Å². The minimum atomic E-state index is -4.74. The number of amides is 2. The van der Waals surface area contributed by atoms with Crippen molar-refractivity contribution in [2.24, 2.45) is 0 Å². The molecule has 0 fully saturated rings. The fourth-order valence-corrected chi connectivity index (χ4v) is 4.32. The van der Waals surface area contributed by atoms with Gasteiger partial charge in [0.1, 0.15) is 12.1 Å². The van der Waals surface area contributed by atoms with E-state index in [-0.39, 0.29) is 16.9 Å². The Kier molecular flexibility index (Phi) is 9.56. The van der Waals surface area contributed by atoms with Crippen LogP contribution in [0.25, 0.3) is 17.1 Å². The fourth-order valence-electron chi connectivity index (χ4n) is 4.13. The second-order valence-electron chi connectivity index (χ2n) is 9.15. The predicted molar refractivity (Wildman–Crippen MR) is 155 cm³/mol. The smallest absolute Gasteiger partial charge is 0.406 e. The lowest BCUT2D eigenvalue weighted by Gasteiger charge is -2.15. The number of nitrogens with one attached hydrogen (secondary N) is 3. The monoisotopic (exact) mass is 582 g/mol. The lowest BCUT2D eigenvalue weighted by molar-refractivity contribution is -0.274. The van der Waals surface area contributed by atoms with Gasteiger partial charge in [-0.15, -0.1) is 18.3 Å². The summed E-state index contributed by atoms with van der Waals surface area (Å²) in [5, 5.41) is 13.3. The lowest BCUT2D eigenvalue weighted by atomic mass is 10.1. The lowest BCUT2D eigenvalue weighted by Crippen LogP contribution is -2.42. The van der Waals surface area contributed by atoms with Gasteiger partial charge in [0.05, 0.1) is 5.69 Å². The van der Waals surface area contributed by atoms with Crippen LogP contribution in [0.15, 0.2) is 73.1 Å². The summed E-state index contributed by atoms with van der Waals surface area (Å²) >= 11 is 5.30. The molecule has 0 bridgehead atoms. The van der Waals surface area contributed by atoms with Gasteiger partial charge in [-0.25, -0.2) is 14.5 Å². The Morgan fingerprint density at radius 1 is 1.05 bits per heavy atom. The molecule has 12 heteroatoms. The van der Waals surface area contributed by atoms with E-state index < -0.39 is 6.36 Å². The van der Waals surface area contributed by atoms with Gasteiger partial charge in [0.25, 0.3) is 0 Å². The molecule has 1 aromatic heterocycles. The molecule has 0 aliphatic carbocycles. The first-order valence-electron chi connectivity index (χ1n) is 12.9. The number of ether oxygens (including phenoxy) is 1. The van der Waals surface area contributed by atoms with Crippen molar-refractivity contribution in [1.82, 2.24) is 25.4 Å². The molecule has 3 aromatic carbocycles. The minimum Gasteiger partial charge on any atom is -0.406 e. The first kappa shape index (κ1) is 29.5. The molecule has 4 aromatic rings. The normalized spacial score (nSPS) is 11.1. The van der Waals surface area contributed by atoms with Gasteiger partial charge >= 0.3 is 12.4 Å². The van der Waals surface area contributed by atoms with E-state index in [0.29, 0.717) is 18.1 Å². The van der Waals surface area contributed by atoms with Crippen LogP contribution in [0.2, 0.25) is 0 Å². The zero-order valence-corrected chi connectivity index (χ0v) is 23.3. The highest BCUT2D eigenvalue weighted by Gasteiger charge is 2.31. The van der Waals surface area contributed by atoms with Crippen molar-refractivity contribution in [1.29, 1.82) is 0 Å². The van der Waals surface area contributed by atoms with Crippen LogP contribution in [0.5, 0.6) is 5.75 Å². The van der Waals surface area contributed by atoms with Gasteiger partial charge < -0.3 is 15.4 Å². The quantitative estimate of drug-likeness (QED) is 0.158. The number of anilines is 1. The van der Waals surface area contributed by atoms with Gasteiger partial charge in [0, 0.05) is 17.8 Å². The number of rotatable bonds is 9. The Morgan fingerprint density at radius 3 is 2.46 bits per heavy atom. The highest BCUT2D eigenvalue weighted by atomic mass is 32.1. The largest absolute Gasteiger partial charge is 0.573 e. The van der Waals surface area contributed by atoms with Crippen LogP contribution in [0.1, 0.15) is 30.0 Å². The van der Waals surface area contributed by atoms with Crippen molar-refractivity contribution in [3.05, 3.63) is 89.7 Å². The van der Waals surface area contributed by atoms with Gasteiger partial charge in [-0.3, -0.25) is 5.32 Å². The molecule has 0 radical (unpaired) electrons. The van der Waals surface area contributed by atoms with Crippen molar-refractivity contribution < 1.29 is 22.7 Å². The van der Waals surface area contributed by atoms with Crippen LogP contribution in [-0.2, 0) is 12.8 Å². The number of nitrogens with zero attached hydrogens (tertiary/aromatic N) is 3. The van der Waals surface area contributed by atoms with E-state index in [1.807, 2.05) is 49.4 Å². The summed E-state index contributed by atoms with van der Waals surface area (Å²) in [5.41, 5.74) is 5.51. The van der Waals surface area contributed by atoms with E-state index in [4.69, 9.17) is 12.2 Å². The van der Waals surface area contributed by atoms with Gasteiger partial charge in [-0.2, -0.15) is 0 Å². The maximum absolute atomic E-state index is 12.4. The second kappa shape index (κ2) is 13.3. The van der Waals surface area contributed by atoms with Crippen LogP contribution < -0.4 is 20.7 Å². The van der Waals surface area contributed by atoms with Crippen molar-refractivity contribution >= 4 is 29.0 Å². The number of carbonyl (C=O) groups excluding carboxylic acids is 1. The van der Waals surface area contributed by atoms with E-state index in [1.54, 1.807) is 0 Å². The van der Waals surface area contributed by atoms with E-state index in [9.17, 15) is 18.0 Å². The molecule has 0 aliphatic rings. The summed E-state index contributed by atoms with van der Waals surface area (Å²) in [7, 11) is 0. The van der Waals surface area contributed by atoms with Crippen LogP contribution in [0.4, 0.5) is 23.7 Å². The fraction of sp³-hybridized carbons (Fsp3) is 0.241. The topological polar surface area (TPSA) is 93.1 Å². The van der Waals surface area contributed by atoms with Crippen LogP contribution >= 0.6 is 12.2 Å². The maximum atomic E-state index is 12.4. The number of urea groups is 1. The molecule has 4 rings (SSSR count). The molecule has 0 saturated heterocycles. The highest BCUT2D eigenvalue weighted by molar-refractivity contribution is 7.80. The number of carbonyl (C=O) groups is 1. The van der Waals surface area contributed by atoms with E-state index in [0.717, 1.165) is 47.2 Å².